The van der Waals surface area contributed by atoms with E-state index in [1.54, 1.807) is 0 Å². The second kappa shape index (κ2) is 9.39. The largest absolute Gasteiger partial charge is 0.135 e. The predicted octanol–water partition coefficient (Wildman–Crippen LogP) is 13.2. The highest BCUT2D eigenvalue weighted by atomic mass is 32.1. The van der Waals surface area contributed by atoms with Crippen LogP contribution in [0, 0.1) is 0 Å². The van der Waals surface area contributed by atoms with Crippen molar-refractivity contribution in [3.05, 3.63) is 157 Å². The van der Waals surface area contributed by atoms with E-state index in [1.807, 2.05) is 11.3 Å². The van der Waals surface area contributed by atoms with Gasteiger partial charge in [0.2, 0.25) is 0 Å². The average Bonchev–Trinajstić information content (AvgIpc) is 3.59. The molecule has 0 fully saturated rings. The molecule has 0 unspecified atom stereocenters. The van der Waals surface area contributed by atoms with Gasteiger partial charge in [-0.2, -0.15) is 0 Å². The maximum atomic E-state index is 2.48. The molecule has 0 nitrogen and oxygen atoms in total. The van der Waals surface area contributed by atoms with Gasteiger partial charge in [-0.05, 0) is 83.6 Å². The summed E-state index contributed by atoms with van der Waals surface area (Å²) in [6.45, 7) is 4.84. The van der Waals surface area contributed by atoms with Crippen LogP contribution in [0.3, 0.4) is 0 Å². The SMILES string of the molecule is CC1(C)c2ccc(-c3c4ccccc4c(-c4ccccc4)c4ccccc34)cc2-c2ccc3ccc4c5ccccc5sc4c3c21. The maximum Gasteiger partial charge on any atom is 0.0437 e. The first-order chi connectivity index (χ1) is 22.6. The van der Waals surface area contributed by atoms with E-state index in [-0.39, 0.29) is 5.41 Å². The Morgan fingerprint density at radius 2 is 1.04 bits per heavy atom. The Labute approximate surface area is 272 Å². The van der Waals surface area contributed by atoms with Crippen LogP contribution in [0.5, 0.6) is 0 Å². The zero-order valence-corrected chi connectivity index (χ0v) is 26.6. The van der Waals surface area contributed by atoms with Crippen molar-refractivity contribution in [3.63, 3.8) is 0 Å². The monoisotopic (exact) mass is 602 g/mol. The van der Waals surface area contributed by atoms with Crippen LogP contribution in [-0.4, -0.2) is 0 Å². The topological polar surface area (TPSA) is 0 Å². The summed E-state index contributed by atoms with van der Waals surface area (Å²) in [7, 11) is 0. The van der Waals surface area contributed by atoms with Crippen LogP contribution in [0.15, 0.2) is 146 Å². The number of hydrogen-bond donors (Lipinski definition) is 0. The van der Waals surface area contributed by atoms with E-state index >= 15 is 0 Å². The summed E-state index contributed by atoms with van der Waals surface area (Å²) in [5.74, 6) is 0. The highest BCUT2D eigenvalue weighted by Crippen LogP contribution is 2.55. The molecular weight excluding hydrogens is 573 g/mol. The summed E-state index contributed by atoms with van der Waals surface area (Å²) in [6.07, 6.45) is 0. The van der Waals surface area contributed by atoms with E-state index in [0.717, 1.165) is 0 Å². The normalized spacial score (nSPS) is 13.6. The lowest BCUT2D eigenvalue weighted by Gasteiger charge is -2.24. The van der Waals surface area contributed by atoms with Crippen molar-refractivity contribution < 1.29 is 0 Å². The molecule has 0 saturated heterocycles. The molecule has 1 aliphatic rings. The van der Waals surface area contributed by atoms with Crippen LogP contribution in [0.1, 0.15) is 25.0 Å². The van der Waals surface area contributed by atoms with Crippen molar-refractivity contribution in [2.45, 2.75) is 19.3 Å². The average molecular weight is 603 g/mol. The van der Waals surface area contributed by atoms with E-state index < -0.39 is 0 Å². The summed E-state index contributed by atoms with van der Waals surface area (Å²) < 4.78 is 2.76. The van der Waals surface area contributed by atoms with Crippen molar-refractivity contribution in [2.24, 2.45) is 0 Å². The van der Waals surface area contributed by atoms with E-state index in [9.17, 15) is 0 Å². The summed E-state index contributed by atoms with van der Waals surface area (Å²) >= 11 is 1.94. The maximum absolute atomic E-state index is 2.48. The predicted molar refractivity (Wildman–Crippen MR) is 200 cm³/mol. The summed E-state index contributed by atoms with van der Waals surface area (Å²) in [4.78, 5) is 0. The highest BCUT2D eigenvalue weighted by Gasteiger charge is 2.38. The molecule has 46 heavy (non-hydrogen) atoms. The van der Waals surface area contributed by atoms with Gasteiger partial charge >= 0.3 is 0 Å². The van der Waals surface area contributed by atoms with Crippen LogP contribution in [0.4, 0.5) is 0 Å². The fraction of sp³-hybridized carbons (Fsp3) is 0.0667. The van der Waals surface area contributed by atoms with E-state index in [1.165, 1.54) is 97.0 Å². The van der Waals surface area contributed by atoms with E-state index in [2.05, 4.69) is 159 Å². The molecule has 1 heterocycles. The summed E-state index contributed by atoms with van der Waals surface area (Å²) in [6, 6.07) is 54.3. The molecule has 0 saturated carbocycles. The lowest BCUT2D eigenvalue weighted by atomic mass is 9.79. The van der Waals surface area contributed by atoms with Gasteiger partial charge < -0.3 is 0 Å². The van der Waals surface area contributed by atoms with Gasteiger partial charge in [-0.25, -0.2) is 0 Å². The summed E-state index contributed by atoms with van der Waals surface area (Å²) in [5.41, 5.74) is 10.6. The number of rotatable bonds is 2. The molecule has 216 valence electrons. The van der Waals surface area contributed by atoms with Gasteiger partial charge in [0.1, 0.15) is 0 Å². The first kappa shape index (κ1) is 26.0. The first-order valence-corrected chi connectivity index (χ1v) is 16.9. The Kier molecular flexibility index (Phi) is 5.31. The molecule has 0 bridgehead atoms. The molecule has 1 heteroatoms. The molecule has 9 aromatic rings. The van der Waals surface area contributed by atoms with Gasteiger partial charge in [0.05, 0.1) is 0 Å². The highest BCUT2D eigenvalue weighted by molar-refractivity contribution is 7.26. The van der Waals surface area contributed by atoms with Gasteiger partial charge in [-0.3, -0.25) is 0 Å². The van der Waals surface area contributed by atoms with Crippen LogP contribution in [0.25, 0.3) is 85.9 Å². The second-order valence-corrected chi connectivity index (χ2v) is 14.3. The molecule has 8 aromatic carbocycles. The van der Waals surface area contributed by atoms with Gasteiger partial charge in [0.15, 0.2) is 0 Å². The van der Waals surface area contributed by atoms with E-state index in [0.29, 0.717) is 0 Å². The zero-order valence-electron chi connectivity index (χ0n) is 25.8. The minimum Gasteiger partial charge on any atom is -0.135 e. The fourth-order valence-electron chi connectivity index (χ4n) is 8.42. The molecule has 0 radical (unpaired) electrons. The minimum atomic E-state index is -0.117. The third-order valence-corrected chi connectivity index (χ3v) is 11.6. The van der Waals surface area contributed by atoms with Crippen molar-refractivity contribution in [1.29, 1.82) is 0 Å². The fourth-order valence-corrected chi connectivity index (χ4v) is 9.69. The minimum absolute atomic E-state index is 0.117. The van der Waals surface area contributed by atoms with Crippen LogP contribution >= 0.6 is 11.3 Å². The smallest absolute Gasteiger partial charge is 0.0437 e. The molecular formula is C45H30S. The molecule has 0 amide bonds. The van der Waals surface area contributed by atoms with Crippen LogP contribution in [0.2, 0.25) is 0 Å². The standard InChI is InChI=1S/C45H30S/c1-45(2)38-25-22-29(41-33-17-8-6-15-31(33)40(27-12-4-3-5-13-27)32-16-7-9-18-34(32)41)26-37(38)35-23-20-28-21-24-36-30-14-10-11-19-39(30)46-44(36)42(28)43(35)45/h3-26H,1-2H3. The molecule has 0 spiro atoms. The second-order valence-electron chi connectivity index (χ2n) is 13.2. The molecule has 0 aliphatic heterocycles. The molecule has 10 rings (SSSR count). The van der Waals surface area contributed by atoms with Gasteiger partial charge in [-0.1, -0.05) is 147 Å². The zero-order chi connectivity index (χ0) is 30.6. The van der Waals surface area contributed by atoms with Crippen LogP contribution < -0.4 is 0 Å². The van der Waals surface area contributed by atoms with Crippen LogP contribution in [-0.2, 0) is 5.41 Å². The Bertz CT molecular complexity index is 2650. The third-order valence-electron chi connectivity index (χ3n) is 10.4. The molecule has 1 aromatic heterocycles. The molecule has 0 N–H and O–H groups in total. The van der Waals surface area contributed by atoms with Crippen molar-refractivity contribution in [3.8, 4) is 33.4 Å². The Balaban J connectivity index is 1.27. The van der Waals surface area contributed by atoms with Gasteiger partial charge in [0, 0.05) is 31.0 Å². The Hall–Kier alpha value is -5.24. The lowest BCUT2D eigenvalue weighted by Crippen LogP contribution is -2.15. The number of benzene rings is 8. The molecule has 1 aliphatic carbocycles. The number of thiophene rings is 1. The van der Waals surface area contributed by atoms with Crippen molar-refractivity contribution in [2.75, 3.05) is 0 Å². The summed E-state index contributed by atoms with van der Waals surface area (Å²) in [5, 5.41) is 10.6. The van der Waals surface area contributed by atoms with Crippen molar-refractivity contribution >= 4 is 63.8 Å². The number of hydrogen-bond acceptors (Lipinski definition) is 1. The van der Waals surface area contributed by atoms with Gasteiger partial charge in [0.25, 0.3) is 0 Å². The lowest BCUT2D eigenvalue weighted by molar-refractivity contribution is 0.667. The quantitative estimate of drug-likeness (QED) is 0.173. The van der Waals surface area contributed by atoms with Crippen molar-refractivity contribution in [1.82, 2.24) is 0 Å². The molecule has 0 atom stereocenters. The Morgan fingerprint density at radius 3 is 1.74 bits per heavy atom. The first-order valence-electron chi connectivity index (χ1n) is 16.1. The van der Waals surface area contributed by atoms with E-state index in [4.69, 9.17) is 0 Å². The van der Waals surface area contributed by atoms with Gasteiger partial charge in [-0.15, -0.1) is 11.3 Å². The number of fused-ring (bicyclic) bond motifs is 11. The third kappa shape index (κ3) is 3.44. The Morgan fingerprint density at radius 1 is 0.457 bits per heavy atom.